The topological polar surface area (TPSA) is 208 Å². The Morgan fingerprint density at radius 2 is 1.48 bits per heavy atom. The minimum absolute atomic E-state index is 0.201. The fourth-order valence-electron chi connectivity index (χ4n) is 2.42. The van der Waals surface area contributed by atoms with Gasteiger partial charge in [-0.1, -0.05) is 20.3 Å². The van der Waals surface area contributed by atoms with Crippen LogP contribution in [-0.4, -0.2) is 81.0 Å². The summed E-state index contributed by atoms with van der Waals surface area (Å²) in [6, 6.07) is -5.19. The molecule has 0 rings (SSSR count). The molecule has 0 spiro atoms. The summed E-state index contributed by atoms with van der Waals surface area (Å²) in [7, 11) is 0. The predicted molar refractivity (Wildman–Crippen MR) is 113 cm³/mol. The molecule has 178 valence electrons. The van der Waals surface area contributed by atoms with Crippen LogP contribution in [0.4, 0.5) is 0 Å². The van der Waals surface area contributed by atoms with Gasteiger partial charge in [0.1, 0.15) is 18.1 Å². The Morgan fingerprint density at radius 3 is 1.90 bits per heavy atom. The zero-order valence-corrected chi connectivity index (χ0v) is 18.6. The molecule has 0 aromatic carbocycles. The second-order valence-electron chi connectivity index (χ2n) is 7.21. The van der Waals surface area contributed by atoms with Crippen molar-refractivity contribution in [2.45, 2.75) is 70.3 Å². The number of aliphatic carboxylic acids is 2. The smallest absolute Gasteiger partial charge is 0.327 e. The largest absolute Gasteiger partial charge is 0.481 e. The van der Waals surface area contributed by atoms with E-state index < -0.39 is 66.4 Å². The monoisotopic (exact) mass is 464 g/mol. The predicted octanol–water partition coefficient (Wildman–Crippen LogP) is -1.93. The van der Waals surface area contributed by atoms with Crippen molar-refractivity contribution in [3.05, 3.63) is 0 Å². The highest BCUT2D eigenvalue weighted by Crippen LogP contribution is 2.07. The number of nitrogens with one attached hydrogen (secondary N) is 3. The number of carboxylic acid groups (broad SMARTS) is 2. The Bertz CT molecular complexity index is 660. The average Bonchev–Trinajstić information content (AvgIpc) is 2.70. The van der Waals surface area contributed by atoms with Gasteiger partial charge in [0, 0.05) is 12.2 Å². The van der Waals surface area contributed by atoms with Gasteiger partial charge in [-0.2, -0.15) is 12.6 Å². The molecule has 0 bridgehead atoms. The molecule has 0 heterocycles. The SMILES string of the molecule is CCC(C)C(N)C(=O)NC(CCC(=O)O)C(=O)NC(C(=O)NC(CS)C(=O)O)C(C)O. The Morgan fingerprint density at radius 1 is 0.935 bits per heavy atom. The molecule has 0 aliphatic carbocycles. The van der Waals surface area contributed by atoms with Crippen molar-refractivity contribution in [3.63, 3.8) is 0 Å². The summed E-state index contributed by atoms with van der Waals surface area (Å²) in [6.45, 7) is 4.77. The minimum Gasteiger partial charge on any atom is -0.481 e. The first kappa shape index (κ1) is 28.6. The van der Waals surface area contributed by atoms with Crippen LogP contribution in [-0.2, 0) is 24.0 Å². The molecule has 0 fully saturated rings. The Hall–Kier alpha value is -2.38. The minimum atomic E-state index is -1.55. The number of carbonyl (C=O) groups is 5. The van der Waals surface area contributed by atoms with E-state index in [1.54, 1.807) is 6.92 Å². The van der Waals surface area contributed by atoms with Crippen molar-refractivity contribution in [1.82, 2.24) is 16.0 Å². The van der Waals surface area contributed by atoms with Crippen molar-refractivity contribution < 1.29 is 39.3 Å². The number of nitrogens with two attached hydrogens (primary N) is 1. The van der Waals surface area contributed by atoms with Gasteiger partial charge < -0.3 is 37.0 Å². The van der Waals surface area contributed by atoms with Crippen molar-refractivity contribution >= 4 is 42.3 Å². The van der Waals surface area contributed by atoms with Crippen LogP contribution < -0.4 is 21.7 Å². The molecule has 6 unspecified atom stereocenters. The van der Waals surface area contributed by atoms with Gasteiger partial charge in [0.2, 0.25) is 17.7 Å². The Balaban J connectivity index is 5.44. The van der Waals surface area contributed by atoms with Crippen LogP contribution >= 0.6 is 12.6 Å². The maximum Gasteiger partial charge on any atom is 0.327 e. The third-order valence-electron chi connectivity index (χ3n) is 4.70. The number of rotatable bonds is 14. The van der Waals surface area contributed by atoms with E-state index in [9.17, 15) is 29.1 Å². The summed E-state index contributed by atoms with van der Waals surface area (Å²) < 4.78 is 0. The summed E-state index contributed by atoms with van der Waals surface area (Å²) in [5.41, 5.74) is 5.84. The van der Waals surface area contributed by atoms with Gasteiger partial charge in [-0.3, -0.25) is 19.2 Å². The molecule has 31 heavy (non-hydrogen) atoms. The lowest BCUT2D eigenvalue weighted by molar-refractivity contribution is -0.142. The molecule has 0 aliphatic heterocycles. The summed E-state index contributed by atoms with van der Waals surface area (Å²) in [6.07, 6.45) is -1.57. The van der Waals surface area contributed by atoms with Crippen LogP contribution in [0.2, 0.25) is 0 Å². The number of aliphatic hydroxyl groups is 1. The fourth-order valence-corrected chi connectivity index (χ4v) is 2.67. The van der Waals surface area contributed by atoms with E-state index in [-0.39, 0.29) is 18.1 Å². The molecule has 13 heteroatoms. The normalized spacial score (nSPS) is 16.7. The molecule has 0 saturated heterocycles. The molecule has 0 aromatic heterocycles. The van der Waals surface area contributed by atoms with Crippen LogP contribution in [0.1, 0.15) is 40.0 Å². The van der Waals surface area contributed by atoms with Crippen LogP contribution in [0.25, 0.3) is 0 Å². The van der Waals surface area contributed by atoms with Crippen LogP contribution in [0.3, 0.4) is 0 Å². The van der Waals surface area contributed by atoms with Gasteiger partial charge in [0.05, 0.1) is 12.1 Å². The summed E-state index contributed by atoms with van der Waals surface area (Å²) >= 11 is 3.82. The third-order valence-corrected chi connectivity index (χ3v) is 5.06. The molecule has 12 nitrogen and oxygen atoms in total. The van der Waals surface area contributed by atoms with E-state index in [4.69, 9.17) is 15.9 Å². The second-order valence-corrected chi connectivity index (χ2v) is 7.58. The zero-order chi connectivity index (χ0) is 24.3. The quantitative estimate of drug-likeness (QED) is 0.134. The molecule has 0 aliphatic rings. The number of carboxylic acids is 2. The standard InChI is InChI=1S/C18H32N4O8S/c1-4-8(2)13(19)16(27)20-10(5-6-12(24)25)15(26)22-14(9(3)23)17(28)21-11(7-31)18(29)30/h8-11,13-14,23,31H,4-7,19H2,1-3H3,(H,20,27)(H,21,28)(H,22,26)(H,24,25)(H,29,30). The fraction of sp³-hybridized carbons (Fsp3) is 0.722. The van der Waals surface area contributed by atoms with Crippen molar-refractivity contribution in [3.8, 4) is 0 Å². The lowest BCUT2D eigenvalue weighted by Gasteiger charge is -2.26. The zero-order valence-electron chi connectivity index (χ0n) is 17.7. The van der Waals surface area contributed by atoms with Gasteiger partial charge >= 0.3 is 11.9 Å². The molecular weight excluding hydrogens is 432 g/mol. The average molecular weight is 465 g/mol. The molecule has 6 atom stereocenters. The van der Waals surface area contributed by atoms with E-state index in [2.05, 4.69) is 28.6 Å². The second kappa shape index (κ2) is 13.8. The van der Waals surface area contributed by atoms with Gasteiger partial charge in [-0.15, -0.1) is 0 Å². The Labute approximate surface area is 185 Å². The summed E-state index contributed by atoms with van der Waals surface area (Å²) in [4.78, 5) is 59.4. The highest BCUT2D eigenvalue weighted by molar-refractivity contribution is 7.80. The highest BCUT2D eigenvalue weighted by atomic mass is 32.1. The van der Waals surface area contributed by atoms with Gasteiger partial charge in [0.25, 0.3) is 0 Å². The van der Waals surface area contributed by atoms with Crippen LogP contribution in [0.15, 0.2) is 0 Å². The number of aliphatic hydroxyl groups excluding tert-OH is 1. The molecule has 3 amide bonds. The van der Waals surface area contributed by atoms with E-state index in [1.807, 2.05) is 6.92 Å². The Kier molecular flexibility index (Phi) is 12.8. The van der Waals surface area contributed by atoms with Crippen molar-refractivity contribution in [1.29, 1.82) is 0 Å². The van der Waals surface area contributed by atoms with Gasteiger partial charge in [-0.05, 0) is 19.3 Å². The maximum absolute atomic E-state index is 12.7. The molecular formula is C18H32N4O8S. The molecule has 8 N–H and O–H groups in total. The molecule has 0 aromatic rings. The van der Waals surface area contributed by atoms with E-state index in [0.29, 0.717) is 6.42 Å². The van der Waals surface area contributed by atoms with Crippen LogP contribution in [0, 0.1) is 5.92 Å². The lowest BCUT2D eigenvalue weighted by atomic mass is 9.98. The molecule has 0 saturated carbocycles. The van der Waals surface area contributed by atoms with Crippen molar-refractivity contribution in [2.75, 3.05) is 5.75 Å². The summed E-state index contributed by atoms with van der Waals surface area (Å²) in [5, 5.41) is 34.6. The first-order valence-electron chi connectivity index (χ1n) is 9.75. The number of carbonyl (C=O) groups excluding carboxylic acids is 3. The maximum atomic E-state index is 12.7. The first-order valence-corrected chi connectivity index (χ1v) is 10.4. The number of thiol groups is 1. The third kappa shape index (κ3) is 9.98. The van der Waals surface area contributed by atoms with E-state index >= 15 is 0 Å². The number of hydrogen-bond acceptors (Lipinski definition) is 8. The number of hydrogen-bond donors (Lipinski definition) is 8. The summed E-state index contributed by atoms with van der Waals surface area (Å²) in [5.74, 6) is -5.57. The van der Waals surface area contributed by atoms with Crippen LogP contribution in [0.5, 0.6) is 0 Å². The van der Waals surface area contributed by atoms with Crippen molar-refractivity contribution in [2.24, 2.45) is 11.7 Å². The molecule has 0 radical (unpaired) electrons. The van der Waals surface area contributed by atoms with Gasteiger partial charge in [0.15, 0.2) is 0 Å². The first-order chi connectivity index (χ1) is 14.3. The lowest BCUT2D eigenvalue weighted by Crippen LogP contribution is -2.60. The van der Waals surface area contributed by atoms with E-state index in [0.717, 1.165) is 0 Å². The van der Waals surface area contributed by atoms with Gasteiger partial charge in [-0.25, -0.2) is 4.79 Å². The number of amides is 3. The van der Waals surface area contributed by atoms with E-state index in [1.165, 1.54) is 6.92 Å². The highest BCUT2D eigenvalue weighted by Gasteiger charge is 2.33.